The molecule has 0 amide bonds. The van der Waals surface area contributed by atoms with Crippen molar-refractivity contribution in [3.8, 4) is 5.75 Å². The van der Waals surface area contributed by atoms with Crippen LogP contribution in [-0.2, 0) is 6.42 Å². The van der Waals surface area contributed by atoms with Crippen LogP contribution in [0.5, 0.6) is 5.75 Å². The number of aliphatic hydroxyl groups excluding tert-OH is 2. The summed E-state index contributed by atoms with van der Waals surface area (Å²) in [5, 5.41) is 19.2. The molecule has 23 heavy (non-hydrogen) atoms. The smallest absolute Gasteiger partial charge is 0.119 e. The Labute approximate surface area is 140 Å². The Morgan fingerprint density at radius 3 is 2.70 bits per heavy atom. The first-order chi connectivity index (χ1) is 11.2. The Morgan fingerprint density at radius 2 is 2.00 bits per heavy atom. The zero-order valence-electron chi connectivity index (χ0n) is 14.3. The number of piperidine rings is 1. The van der Waals surface area contributed by atoms with Gasteiger partial charge in [0, 0.05) is 19.1 Å². The average Bonchev–Trinajstić information content (AvgIpc) is 2.58. The van der Waals surface area contributed by atoms with Gasteiger partial charge in [0.05, 0.1) is 19.3 Å². The molecule has 2 unspecified atom stereocenters. The van der Waals surface area contributed by atoms with E-state index in [1.54, 1.807) is 0 Å². The molecule has 0 saturated carbocycles. The van der Waals surface area contributed by atoms with Gasteiger partial charge in [-0.2, -0.15) is 0 Å². The van der Waals surface area contributed by atoms with E-state index in [4.69, 9.17) is 4.74 Å². The second-order valence-electron chi connectivity index (χ2n) is 6.50. The average molecular weight is 321 g/mol. The maximum absolute atomic E-state index is 9.70. The molecule has 4 heteroatoms. The fraction of sp³-hybridized carbons (Fsp3) is 0.684. The molecule has 1 aromatic carbocycles. The van der Waals surface area contributed by atoms with Crippen molar-refractivity contribution in [1.82, 2.24) is 4.90 Å². The third-order valence-electron chi connectivity index (χ3n) is 4.65. The first-order valence-electron chi connectivity index (χ1n) is 8.97. The van der Waals surface area contributed by atoms with E-state index in [0.717, 1.165) is 44.7 Å². The van der Waals surface area contributed by atoms with Crippen molar-refractivity contribution >= 4 is 0 Å². The highest BCUT2D eigenvalue weighted by molar-refractivity contribution is 5.27. The monoisotopic (exact) mass is 321 g/mol. The number of unbranched alkanes of at least 4 members (excludes halogenated alkanes) is 2. The number of likely N-dealkylation sites (tertiary alicyclic amines) is 1. The second kappa shape index (κ2) is 9.91. The van der Waals surface area contributed by atoms with Crippen molar-refractivity contribution < 1.29 is 14.9 Å². The summed E-state index contributed by atoms with van der Waals surface area (Å²) in [7, 11) is 0. The Hall–Kier alpha value is -1.10. The molecule has 0 bridgehead atoms. The molecular weight excluding hydrogens is 290 g/mol. The topological polar surface area (TPSA) is 52.9 Å². The molecule has 4 nitrogen and oxygen atoms in total. The first-order valence-corrected chi connectivity index (χ1v) is 8.97. The van der Waals surface area contributed by atoms with Crippen LogP contribution >= 0.6 is 0 Å². The van der Waals surface area contributed by atoms with Gasteiger partial charge in [0.1, 0.15) is 5.75 Å². The molecule has 0 spiro atoms. The molecule has 130 valence electrons. The predicted molar refractivity (Wildman–Crippen MR) is 92.9 cm³/mol. The highest BCUT2D eigenvalue weighted by atomic mass is 16.5. The van der Waals surface area contributed by atoms with E-state index >= 15 is 0 Å². The van der Waals surface area contributed by atoms with E-state index < -0.39 is 0 Å². The van der Waals surface area contributed by atoms with E-state index in [9.17, 15) is 10.2 Å². The van der Waals surface area contributed by atoms with E-state index in [1.807, 2.05) is 12.1 Å². The summed E-state index contributed by atoms with van der Waals surface area (Å²) in [6, 6.07) is 8.44. The fourth-order valence-corrected chi connectivity index (χ4v) is 3.13. The number of benzene rings is 1. The lowest BCUT2D eigenvalue weighted by atomic mass is 9.99. The van der Waals surface area contributed by atoms with Crippen molar-refractivity contribution in [1.29, 1.82) is 0 Å². The van der Waals surface area contributed by atoms with Gasteiger partial charge in [-0.1, -0.05) is 31.9 Å². The molecule has 0 radical (unpaired) electrons. The third-order valence-corrected chi connectivity index (χ3v) is 4.65. The van der Waals surface area contributed by atoms with Crippen LogP contribution in [0.2, 0.25) is 0 Å². The Kier molecular flexibility index (Phi) is 7.86. The van der Waals surface area contributed by atoms with E-state index in [2.05, 4.69) is 24.0 Å². The highest BCUT2D eigenvalue weighted by Crippen LogP contribution is 2.19. The minimum atomic E-state index is -0.257. The van der Waals surface area contributed by atoms with Gasteiger partial charge in [-0.3, -0.25) is 4.90 Å². The summed E-state index contributed by atoms with van der Waals surface area (Å²) in [5.41, 5.74) is 1.29. The number of rotatable bonds is 9. The Balaban J connectivity index is 1.75. The van der Waals surface area contributed by atoms with Crippen LogP contribution in [0, 0.1) is 0 Å². The van der Waals surface area contributed by atoms with E-state index in [-0.39, 0.29) is 18.8 Å². The summed E-state index contributed by atoms with van der Waals surface area (Å²) in [5.74, 6) is 0.944. The first kappa shape index (κ1) is 18.2. The van der Waals surface area contributed by atoms with Crippen LogP contribution in [0.25, 0.3) is 0 Å². The minimum absolute atomic E-state index is 0.0972. The molecule has 1 saturated heterocycles. The summed E-state index contributed by atoms with van der Waals surface area (Å²) in [6.07, 6.45) is 5.73. The van der Waals surface area contributed by atoms with Gasteiger partial charge in [0.25, 0.3) is 0 Å². The molecule has 2 rings (SSSR count). The standard InChI is InChI=1S/C19H31NO3/c1-2-3-4-13-23-19-7-5-16(6-8-19)9-11-20-12-10-18(22)14-17(20)15-21/h5-8,17-18,21-22H,2-4,9-15H2,1H3. The van der Waals surface area contributed by atoms with Gasteiger partial charge in [-0.05, 0) is 43.4 Å². The maximum atomic E-state index is 9.70. The van der Waals surface area contributed by atoms with Crippen molar-refractivity contribution in [2.45, 2.75) is 57.6 Å². The maximum Gasteiger partial charge on any atom is 0.119 e. The number of ether oxygens (including phenoxy) is 1. The molecule has 1 aliphatic rings. The number of aliphatic hydroxyl groups is 2. The summed E-state index contributed by atoms with van der Waals surface area (Å²) in [4.78, 5) is 2.29. The lowest BCUT2D eigenvalue weighted by molar-refractivity contribution is 0.0177. The van der Waals surface area contributed by atoms with Crippen LogP contribution in [0.1, 0.15) is 44.6 Å². The Bertz CT molecular complexity index is 435. The van der Waals surface area contributed by atoms with E-state index in [0.29, 0.717) is 6.42 Å². The Morgan fingerprint density at radius 1 is 1.22 bits per heavy atom. The molecule has 0 aliphatic carbocycles. The molecule has 1 heterocycles. The van der Waals surface area contributed by atoms with Crippen LogP contribution in [-0.4, -0.2) is 53.6 Å². The normalized spacial score (nSPS) is 22.2. The third kappa shape index (κ3) is 6.13. The zero-order chi connectivity index (χ0) is 16.5. The summed E-state index contributed by atoms with van der Waals surface area (Å²) in [6.45, 7) is 4.90. The highest BCUT2D eigenvalue weighted by Gasteiger charge is 2.26. The molecule has 2 atom stereocenters. The van der Waals surface area contributed by atoms with Crippen LogP contribution in [0.4, 0.5) is 0 Å². The molecule has 1 aliphatic heterocycles. The lowest BCUT2D eigenvalue weighted by Crippen LogP contribution is -2.47. The van der Waals surface area contributed by atoms with Crippen molar-refractivity contribution in [3.63, 3.8) is 0 Å². The minimum Gasteiger partial charge on any atom is -0.494 e. The lowest BCUT2D eigenvalue weighted by Gasteiger charge is -2.36. The van der Waals surface area contributed by atoms with Gasteiger partial charge in [-0.25, -0.2) is 0 Å². The predicted octanol–water partition coefficient (Wildman–Crippen LogP) is 2.62. The van der Waals surface area contributed by atoms with Crippen molar-refractivity contribution in [3.05, 3.63) is 29.8 Å². The molecule has 0 aromatic heterocycles. The van der Waals surface area contributed by atoms with Gasteiger partial charge >= 0.3 is 0 Å². The SMILES string of the molecule is CCCCCOc1ccc(CCN2CCC(O)CC2CO)cc1. The molecular formula is C19H31NO3. The summed E-state index contributed by atoms with van der Waals surface area (Å²) >= 11 is 0. The van der Waals surface area contributed by atoms with Crippen molar-refractivity contribution in [2.75, 3.05) is 26.3 Å². The quantitative estimate of drug-likeness (QED) is 0.687. The van der Waals surface area contributed by atoms with Crippen LogP contribution in [0.3, 0.4) is 0 Å². The zero-order valence-corrected chi connectivity index (χ0v) is 14.3. The molecule has 2 N–H and O–H groups in total. The van der Waals surface area contributed by atoms with Crippen LogP contribution in [0.15, 0.2) is 24.3 Å². The molecule has 1 aromatic rings. The fourth-order valence-electron chi connectivity index (χ4n) is 3.13. The van der Waals surface area contributed by atoms with Gasteiger partial charge in [0.15, 0.2) is 0 Å². The van der Waals surface area contributed by atoms with E-state index in [1.165, 1.54) is 18.4 Å². The number of hydrogen-bond donors (Lipinski definition) is 2. The second-order valence-corrected chi connectivity index (χ2v) is 6.50. The number of nitrogens with zero attached hydrogens (tertiary/aromatic N) is 1. The number of hydrogen-bond acceptors (Lipinski definition) is 4. The van der Waals surface area contributed by atoms with Gasteiger partial charge in [0.2, 0.25) is 0 Å². The van der Waals surface area contributed by atoms with Crippen molar-refractivity contribution in [2.24, 2.45) is 0 Å². The summed E-state index contributed by atoms with van der Waals surface area (Å²) < 4.78 is 5.73. The van der Waals surface area contributed by atoms with Gasteiger partial charge < -0.3 is 14.9 Å². The largest absolute Gasteiger partial charge is 0.494 e. The van der Waals surface area contributed by atoms with Crippen LogP contribution < -0.4 is 4.74 Å². The molecule has 1 fully saturated rings. The van der Waals surface area contributed by atoms with Gasteiger partial charge in [-0.15, -0.1) is 0 Å².